The first-order valence-corrected chi connectivity index (χ1v) is 5.54. The van der Waals surface area contributed by atoms with Gasteiger partial charge in [0, 0.05) is 6.20 Å². The van der Waals surface area contributed by atoms with Crippen molar-refractivity contribution < 1.29 is 4.74 Å². The number of hydrogen-bond acceptors (Lipinski definition) is 4. The lowest BCUT2D eigenvalue weighted by Crippen LogP contribution is -2.06. The van der Waals surface area contributed by atoms with Gasteiger partial charge in [0.05, 0.1) is 18.5 Å². The summed E-state index contributed by atoms with van der Waals surface area (Å²) in [5.41, 5.74) is 1.45. The van der Waals surface area contributed by atoms with Crippen LogP contribution < -0.4 is 4.74 Å². The summed E-state index contributed by atoms with van der Waals surface area (Å²) >= 11 is 0. The molecular formula is C13H14N3O. The van der Waals surface area contributed by atoms with E-state index >= 15 is 0 Å². The molecule has 1 radical (unpaired) electrons. The SMILES string of the molecule is CC(C)COc1cn[c]nc1-c1ccccn1. The molecule has 2 heterocycles. The first kappa shape index (κ1) is 11.5. The van der Waals surface area contributed by atoms with Gasteiger partial charge in [-0.25, -0.2) is 9.97 Å². The van der Waals surface area contributed by atoms with E-state index in [1.807, 2.05) is 18.2 Å². The number of ether oxygens (including phenoxy) is 1. The third-order valence-corrected chi connectivity index (χ3v) is 2.11. The molecule has 0 atom stereocenters. The van der Waals surface area contributed by atoms with Crippen LogP contribution in [-0.2, 0) is 0 Å². The van der Waals surface area contributed by atoms with Crippen LogP contribution in [0.2, 0.25) is 0 Å². The Morgan fingerprint density at radius 1 is 1.35 bits per heavy atom. The minimum absolute atomic E-state index is 0.454. The van der Waals surface area contributed by atoms with Crippen molar-refractivity contribution in [1.29, 1.82) is 0 Å². The maximum absolute atomic E-state index is 5.67. The smallest absolute Gasteiger partial charge is 0.198 e. The third kappa shape index (κ3) is 3.00. The number of rotatable bonds is 4. The predicted molar refractivity (Wildman–Crippen MR) is 64.4 cm³/mol. The molecule has 2 aromatic rings. The molecule has 2 rings (SSSR count). The molecule has 0 aliphatic rings. The first-order valence-electron chi connectivity index (χ1n) is 5.54. The fourth-order valence-corrected chi connectivity index (χ4v) is 1.33. The van der Waals surface area contributed by atoms with Crippen LogP contribution in [0.15, 0.2) is 30.6 Å². The van der Waals surface area contributed by atoms with E-state index < -0.39 is 0 Å². The van der Waals surface area contributed by atoms with Crippen molar-refractivity contribution in [2.75, 3.05) is 6.61 Å². The largest absolute Gasteiger partial charge is 0.489 e. The van der Waals surface area contributed by atoms with E-state index in [0.29, 0.717) is 24.0 Å². The standard InChI is InChI=1S/C13H14N3O/c1-10(2)8-17-12-7-14-9-16-13(12)11-5-3-4-6-15-11/h3-7,10H,8H2,1-2H3. The highest BCUT2D eigenvalue weighted by Crippen LogP contribution is 2.24. The summed E-state index contributed by atoms with van der Waals surface area (Å²) in [6.45, 7) is 4.82. The second kappa shape index (κ2) is 5.39. The molecule has 4 heteroatoms. The minimum atomic E-state index is 0.454. The molecule has 0 fully saturated rings. The lowest BCUT2D eigenvalue weighted by atomic mass is 10.2. The number of pyridine rings is 1. The maximum atomic E-state index is 5.67. The number of aromatic nitrogens is 3. The Morgan fingerprint density at radius 3 is 2.94 bits per heavy atom. The second-order valence-corrected chi connectivity index (χ2v) is 4.10. The molecule has 87 valence electrons. The first-order chi connectivity index (χ1) is 8.27. The van der Waals surface area contributed by atoms with E-state index in [0.717, 1.165) is 5.69 Å². The molecule has 0 unspecified atom stereocenters. The molecule has 0 saturated heterocycles. The van der Waals surface area contributed by atoms with E-state index in [2.05, 4.69) is 35.1 Å². The topological polar surface area (TPSA) is 47.9 Å². The van der Waals surface area contributed by atoms with Gasteiger partial charge in [-0.3, -0.25) is 4.98 Å². The van der Waals surface area contributed by atoms with E-state index in [1.165, 1.54) is 0 Å². The lowest BCUT2D eigenvalue weighted by Gasteiger charge is -2.10. The molecule has 0 aromatic carbocycles. The Bertz CT molecular complexity index is 471. The highest BCUT2D eigenvalue weighted by atomic mass is 16.5. The van der Waals surface area contributed by atoms with Crippen LogP contribution in [0.4, 0.5) is 0 Å². The average Bonchev–Trinajstić information content (AvgIpc) is 2.38. The zero-order valence-electron chi connectivity index (χ0n) is 9.92. The predicted octanol–water partition coefficient (Wildman–Crippen LogP) is 2.37. The molecular weight excluding hydrogens is 214 g/mol. The summed E-state index contributed by atoms with van der Waals surface area (Å²) in [5.74, 6) is 1.10. The van der Waals surface area contributed by atoms with Crippen LogP contribution in [0.5, 0.6) is 5.75 Å². The maximum Gasteiger partial charge on any atom is 0.198 e. The van der Waals surface area contributed by atoms with Crippen molar-refractivity contribution in [3.8, 4) is 17.1 Å². The van der Waals surface area contributed by atoms with Gasteiger partial charge < -0.3 is 4.74 Å². The van der Waals surface area contributed by atoms with Crippen molar-refractivity contribution in [3.63, 3.8) is 0 Å². The molecule has 17 heavy (non-hydrogen) atoms. The van der Waals surface area contributed by atoms with Crippen LogP contribution >= 0.6 is 0 Å². The van der Waals surface area contributed by atoms with E-state index in [4.69, 9.17) is 4.74 Å². The van der Waals surface area contributed by atoms with E-state index in [9.17, 15) is 0 Å². The Hall–Kier alpha value is -1.97. The van der Waals surface area contributed by atoms with Crippen LogP contribution in [-0.4, -0.2) is 21.6 Å². The van der Waals surface area contributed by atoms with Crippen LogP contribution in [0, 0.1) is 12.2 Å². The van der Waals surface area contributed by atoms with Gasteiger partial charge in [-0.05, 0) is 18.1 Å². The van der Waals surface area contributed by atoms with Gasteiger partial charge >= 0.3 is 0 Å². The summed E-state index contributed by atoms with van der Waals surface area (Å²) in [5, 5.41) is 0. The molecule has 0 amide bonds. The summed E-state index contributed by atoms with van der Waals surface area (Å²) in [4.78, 5) is 12.2. The molecule has 0 aliphatic carbocycles. The molecule has 0 saturated carbocycles. The van der Waals surface area contributed by atoms with Gasteiger partial charge in [0.15, 0.2) is 12.1 Å². The van der Waals surface area contributed by atoms with Gasteiger partial charge in [-0.15, -0.1) is 0 Å². The highest BCUT2D eigenvalue weighted by Gasteiger charge is 2.09. The lowest BCUT2D eigenvalue weighted by molar-refractivity contribution is 0.270. The summed E-state index contributed by atoms with van der Waals surface area (Å²) < 4.78 is 5.67. The monoisotopic (exact) mass is 228 g/mol. The molecule has 0 bridgehead atoms. The highest BCUT2D eigenvalue weighted by molar-refractivity contribution is 5.60. The Morgan fingerprint density at radius 2 is 2.24 bits per heavy atom. The number of hydrogen-bond donors (Lipinski definition) is 0. The van der Waals surface area contributed by atoms with Crippen molar-refractivity contribution in [3.05, 3.63) is 36.9 Å². The fourth-order valence-electron chi connectivity index (χ4n) is 1.33. The molecule has 4 nitrogen and oxygen atoms in total. The minimum Gasteiger partial charge on any atom is -0.489 e. The van der Waals surface area contributed by atoms with Crippen molar-refractivity contribution >= 4 is 0 Å². The van der Waals surface area contributed by atoms with Crippen molar-refractivity contribution in [2.24, 2.45) is 5.92 Å². The Balaban J connectivity index is 2.28. The van der Waals surface area contributed by atoms with E-state index in [1.54, 1.807) is 12.4 Å². The van der Waals surface area contributed by atoms with Gasteiger partial charge in [-0.2, -0.15) is 0 Å². The molecule has 2 aromatic heterocycles. The van der Waals surface area contributed by atoms with Crippen LogP contribution in [0.25, 0.3) is 11.4 Å². The average molecular weight is 228 g/mol. The van der Waals surface area contributed by atoms with Gasteiger partial charge in [0.25, 0.3) is 0 Å². The van der Waals surface area contributed by atoms with Crippen molar-refractivity contribution in [1.82, 2.24) is 15.0 Å². The fraction of sp³-hybridized carbons (Fsp3) is 0.308. The quantitative estimate of drug-likeness (QED) is 0.806. The molecule has 0 aliphatic heterocycles. The third-order valence-electron chi connectivity index (χ3n) is 2.11. The summed E-state index contributed by atoms with van der Waals surface area (Å²) in [7, 11) is 0. The number of nitrogens with zero attached hydrogens (tertiary/aromatic N) is 3. The van der Waals surface area contributed by atoms with E-state index in [-0.39, 0.29) is 0 Å². The van der Waals surface area contributed by atoms with Gasteiger partial charge in [0.2, 0.25) is 0 Å². The van der Waals surface area contributed by atoms with Gasteiger partial charge in [-0.1, -0.05) is 19.9 Å². The van der Waals surface area contributed by atoms with Crippen LogP contribution in [0.1, 0.15) is 13.8 Å². The zero-order chi connectivity index (χ0) is 12.1. The van der Waals surface area contributed by atoms with Crippen molar-refractivity contribution in [2.45, 2.75) is 13.8 Å². The zero-order valence-corrected chi connectivity index (χ0v) is 9.92. The van der Waals surface area contributed by atoms with Gasteiger partial charge in [0.1, 0.15) is 5.69 Å². The van der Waals surface area contributed by atoms with Crippen LogP contribution in [0.3, 0.4) is 0 Å². The summed E-state index contributed by atoms with van der Waals surface area (Å²) in [6, 6.07) is 5.66. The second-order valence-electron chi connectivity index (χ2n) is 4.10. The Kier molecular flexibility index (Phi) is 3.65. The summed E-state index contributed by atoms with van der Waals surface area (Å²) in [6.07, 6.45) is 5.92. The normalized spacial score (nSPS) is 10.5. The molecule has 0 spiro atoms. The molecule has 0 N–H and O–H groups in total. The Labute approximate surface area is 101 Å².